The molecular weight excluding hydrogens is 308 g/mol. The third-order valence-corrected chi connectivity index (χ3v) is 3.05. The Hall–Kier alpha value is -1.47. The van der Waals surface area contributed by atoms with E-state index >= 15 is 0 Å². The van der Waals surface area contributed by atoms with Crippen LogP contribution in [0.3, 0.4) is 0 Å². The van der Waals surface area contributed by atoms with Crippen LogP contribution in [-0.4, -0.2) is 37.5 Å². The minimum absolute atomic E-state index is 0.0783. The number of aliphatic carboxylic acids is 1. The number of halogens is 1. The van der Waals surface area contributed by atoms with Gasteiger partial charge in [0, 0.05) is 5.56 Å². The van der Waals surface area contributed by atoms with E-state index in [1.165, 1.54) is 27.4 Å². The van der Waals surface area contributed by atoms with Crippen molar-refractivity contribution in [3.8, 4) is 17.2 Å². The molecule has 100 valence electrons. The fraction of sp³-hybridized carbons (Fsp3) is 0.364. The second kappa shape index (κ2) is 5.92. The standard InChI is InChI=1S/C11H13BrO6/c1-16-6-4-5(8(13)11(14)15)9(17-2)7(12)10(6)18-3/h4,8,13H,1-3H3,(H,14,15). The predicted octanol–water partition coefficient (Wildman–Crippen LogP) is 1.59. The van der Waals surface area contributed by atoms with Crippen molar-refractivity contribution < 1.29 is 29.2 Å². The monoisotopic (exact) mass is 320 g/mol. The molecule has 0 aliphatic rings. The van der Waals surface area contributed by atoms with Crippen LogP contribution < -0.4 is 14.2 Å². The Balaban J connectivity index is 3.51. The fourth-order valence-corrected chi connectivity index (χ4v) is 2.24. The summed E-state index contributed by atoms with van der Waals surface area (Å²) in [5, 5.41) is 18.5. The number of aliphatic hydroxyl groups is 1. The zero-order valence-corrected chi connectivity index (χ0v) is 11.6. The molecule has 0 bridgehead atoms. The van der Waals surface area contributed by atoms with Crippen molar-refractivity contribution in [2.75, 3.05) is 21.3 Å². The van der Waals surface area contributed by atoms with Gasteiger partial charge in [-0.25, -0.2) is 4.79 Å². The number of aliphatic hydroxyl groups excluding tert-OH is 1. The van der Waals surface area contributed by atoms with E-state index in [4.69, 9.17) is 19.3 Å². The molecule has 7 heteroatoms. The summed E-state index contributed by atoms with van der Waals surface area (Å²) >= 11 is 3.23. The Kier molecular flexibility index (Phi) is 4.80. The van der Waals surface area contributed by atoms with E-state index in [-0.39, 0.29) is 11.3 Å². The molecule has 0 fully saturated rings. The molecule has 1 aromatic rings. The number of hydrogen-bond donors (Lipinski definition) is 2. The quantitative estimate of drug-likeness (QED) is 0.857. The number of carbonyl (C=O) groups is 1. The Morgan fingerprint density at radius 1 is 1.22 bits per heavy atom. The van der Waals surface area contributed by atoms with E-state index < -0.39 is 12.1 Å². The number of hydrogen-bond acceptors (Lipinski definition) is 5. The lowest BCUT2D eigenvalue weighted by Gasteiger charge is -2.18. The average molecular weight is 321 g/mol. The van der Waals surface area contributed by atoms with Crippen LogP contribution in [0.1, 0.15) is 11.7 Å². The van der Waals surface area contributed by atoms with Crippen LogP contribution in [0.25, 0.3) is 0 Å². The number of ether oxygens (including phenoxy) is 3. The first-order valence-corrected chi connectivity index (χ1v) is 5.66. The van der Waals surface area contributed by atoms with E-state index in [0.29, 0.717) is 16.0 Å². The minimum Gasteiger partial charge on any atom is -0.495 e. The van der Waals surface area contributed by atoms with Crippen LogP contribution in [0, 0.1) is 0 Å². The van der Waals surface area contributed by atoms with Crippen LogP contribution in [-0.2, 0) is 4.79 Å². The molecule has 0 heterocycles. The molecular formula is C11H13BrO6. The second-order valence-corrected chi connectivity index (χ2v) is 4.08. The van der Waals surface area contributed by atoms with Crippen LogP contribution >= 0.6 is 15.9 Å². The maximum Gasteiger partial charge on any atom is 0.337 e. The SMILES string of the molecule is COc1cc(C(O)C(=O)O)c(OC)c(Br)c1OC. The van der Waals surface area contributed by atoms with E-state index in [2.05, 4.69) is 15.9 Å². The molecule has 0 radical (unpaired) electrons. The molecule has 1 unspecified atom stereocenters. The van der Waals surface area contributed by atoms with Gasteiger partial charge < -0.3 is 24.4 Å². The van der Waals surface area contributed by atoms with E-state index in [1.807, 2.05) is 0 Å². The zero-order chi connectivity index (χ0) is 13.9. The maximum atomic E-state index is 10.8. The minimum atomic E-state index is -1.71. The maximum absolute atomic E-state index is 10.8. The van der Waals surface area contributed by atoms with Crippen molar-refractivity contribution in [3.05, 3.63) is 16.1 Å². The van der Waals surface area contributed by atoms with Gasteiger partial charge in [-0.05, 0) is 22.0 Å². The van der Waals surface area contributed by atoms with Gasteiger partial charge in [-0.2, -0.15) is 0 Å². The van der Waals surface area contributed by atoms with Crippen LogP contribution in [0.4, 0.5) is 0 Å². The normalized spacial score (nSPS) is 11.8. The lowest BCUT2D eigenvalue weighted by Crippen LogP contribution is -2.12. The van der Waals surface area contributed by atoms with Crippen LogP contribution in [0.2, 0.25) is 0 Å². The van der Waals surface area contributed by atoms with Crippen molar-refractivity contribution in [1.29, 1.82) is 0 Å². The highest BCUT2D eigenvalue weighted by Crippen LogP contribution is 2.45. The van der Waals surface area contributed by atoms with E-state index in [1.54, 1.807) is 0 Å². The van der Waals surface area contributed by atoms with Gasteiger partial charge in [0.1, 0.15) is 10.2 Å². The van der Waals surface area contributed by atoms with Gasteiger partial charge in [0.05, 0.1) is 21.3 Å². The van der Waals surface area contributed by atoms with Gasteiger partial charge in [-0.3, -0.25) is 0 Å². The molecule has 0 aliphatic carbocycles. The molecule has 0 saturated heterocycles. The summed E-state index contributed by atoms with van der Waals surface area (Å²) in [6.07, 6.45) is -1.71. The Morgan fingerprint density at radius 3 is 2.17 bits per heavy atom. The van der Waals surface area contributed by atoms with Gasteiger partial charge >= 0.3 is 5.97 Å². The van der Waals surface area contributed by atoms with E-state index in [9.17, 15) is 9.90 Å². The number of methoxy groups -OCH3 is 3. The topological polar surface area (TPSA) is 85.2 Å². The molecule has 0 saturated carbocycles. The molecule has 2 N–H and O–H groups in total. The predicted molar refractivity (Wildman–Crippen MR) is 66.4 cm³/mol. The number of carboxylic acid groups (broad SMARTS) is 1. The van der Waals surface area contributed by atoms with Crippen molar-refractivity contribution >= 4 is 21.9 Å². The Bertz CT molecular complexity index is 459. The summed E-state index contributed by atoms with van der Waals surface area (Å²) < 4.78 is 15.7. The van der Waals surface area contributed by atoms with Gasteiger partial charge in [-0.1, -0.05) is 0 Å². The van der Waals surface area contributed by atoms with Crippen molar-refractivity contribution in [3.63, 3.8) is 0 Å². The molecule has 1 atom stereocenters. The first-order chi connectivity index (χ1) is 8.47. The van der Waals surface area contributed by atoms with Crippen molar-refractivity contribution in [1.82, 2.24) is 0 Å². The van der Waals surface area contributed by atoms with E-state index in [0.717, 1.165) is 0 Å². The zero-order valence-electron chi connectivity index (χ0n) is 10.1. The Morgan fingerprint density at radius 2 is 1.78 bits per heavy atom. The summed E-state index contributed by atoms with van der Waals surface area (Å²) in [6.45, 7) is 0. The Labute approximate surface area is 112 Å². The van der Waals surface area contributed by atoms with Crippen LogP contribution in [0.5, 0.6) is 17.2 Å². The van der Waals surface area contributed by atoms with Crippen molar-refractivity contribution in [2.45, 2.75) is 6.10 Å². The number of carboxylic acids is 1. The molecule has 0 spiro atoms. The first-order valence-electron chi connectivity index (χ1n) is 4.87. The smallest absolute Gasteiger partial charge is 0.337 e. The van der Waals surface area contributed by atoms with Gasteiger partial charge in [-0.15, -0.1) is 0 Å². The highest BCUT2D eigenvalue weighted by molar-refractivity contribution is 9.10. The lowest BCUT2D eigenvalue weighted by molar-refractivity contribution is -0.147. The molecule has 1 aromatic carbocycles. The van der Waals surface area contributed by atoms with Gasteiger partial charge in [0.2, 0.25) is 0 Å². The first kappa shape index (κ1) is 14.6. The molecule has 6 nitrogen and oxygen atoms in total. The molecule has 1 rings (SSSR count). The lowest BCUT2D eigenvalue weighted by atomic mass is 10.1. The highest BCUT2D eigenvalue weighted by atomic mass is 79.9. The van der Waals surface area contributed by atoms with Gasteiger partial charge in [0.25, 0.3) is 0 Å². The summed E-state index contributed by atoms with van der Waals surface area (Å²) in [5.74, 6) is -0.550. The number of benzene rings is 1. The molecule has 18 heavy (non-hydrogen) atoms. The van der Waals surface area contributed by atoms with Crippen molar-refractivity contribution in [2.24, 2.45) is 0 Å². The summed E-state index contributed by atoms with van der Waals surface area (Å²) in [7, 11) is 4.22. The average Bonchev–Trinajstić information content (AvgIpc) is 2.36. The second-order valence-electron chi connectivity index (χ2n) is 3.29. The third-order valence-electron chi connectivity index (χ3n) is 2.33. The third kappa shape index (κ3) is 2.51. The number of rotatable bonds is 5. The molecule has 0 amide bonds. The molecule has 0 aromatic heterocycles. The molecule has 0 aliphatic heterocycles. The van der Waals surface area contributed by atoms with Gasteiger partial charge in [0.15, 0.2) is 17.6 Å². The fourth-order valence-electron chi connectivity index (χ4n) is 1.50. The largest absolute Gasteiger partial charge is 0.495 e. The highest BCUT2D eigenvalue weighted by Gasteiger charge is 2.26. The summed E-state index contributed by atoms with van der Waals surface area (Å²) in [4.78, 5) is 10.8. The summed E-state index contributed by atoms with van der Waals surface area (Å²) in [5.41, 5.74) is 0.0783. The van der Waals surface area contributed by atoms with Crippen LogP contribution in [0.15, 0.2) is 10.5 Å². The summed E-state index contributed by atoms with van der Waals surface area (Å²) in [6, 6.07) is 1.36.